The molecule has 0 heterocycles. The van der Waals surface area contributed by atoms with Gasteiger partial charge >= 0.3 is 5.97 Å². The molecule has 3 nitrogen and oxygen atoms in total. The Morgan fingerprint density at radius 2 is 1.32 bits per heavy atom. The molecule has 0 amide bonds. The van der Waals surface area contributed by atoms with Crippen molar-refractivity contribution in [2.45, 2.75) is 110 Å². The molecule has 31 heavy (non-hydrogen) atoms. The molecule has 1 aliphatic carbocycles. The average Bonchev–Trinajstić information content (AvgIpc) is 2.80. The lowest BCUT2D eigenvalue weighted by Crippen LogP contribution is -2.15. The summed E-state index contributed by atoms with van der Waals surface area (Å²) in [5.74, 6) is 2.49. The number of carbonyl (C=O) groups is 1. The van der Waals surface area contributed by atoms with Crippen LogP contribution in [0.4, 0.5) is 0 Å². The van der Waals surface area contributed by atoms with Crippen molar-refractivity contribution in [2.75, 3.05) is 13.2 Å². The van der Waals surface area contributed by atoms with Gasteiger partial charge in [-0.1, -0.05) is 90.9 Å². The highest BCUT2D eigenvalue weighted by Gasteiger charge is 2.20. The average molecular weight is 431 g/mol. The Hall–Kier alpha value is -1.51. The fourth-order valence-electron chi connectivity index (χ4n) is 4.69. The van der Waals surface area contributed by atoms with E-state index in [0.29, 0.717) is 12.2 Å². The predicted octanol–water partition coefficient (Wildman–Crippen LogP) is 8.36. The van der Waals surface area contributed by atoms with Crippen molar-refractivity contribution in [1.29, 1.82) is 0 Å². The van der Waals surface area contributed by atoms with Crippen molar-refractivity contribution in [1.82, 2.24) is 0 Å². The third-order valence-corrected chi connectivity index (χ3v) is 6.78. The van der Waals surface area contributed by atoms with Crippen molar-refractivity contribution in [3.05, 3.63) is 29.8 Å². The molecule has 2 rings (SSSR count). The number of ether oxygens (including phenoxy) is 2. The van der Waals surface area contributed by atoms with Gasteiger partial charge in [-0.15, -0.1) is 0 Å². The standard InChI is InChI=1S/C28H46O3/c1-3-5-7-8-9-12-24-14-16-25(17-15-24)13-11-23-30-27-20-18-26(19-21-27)28(29)31-22-10-6-4-2/h18-21,24-25H,3-17,22-23H2,1-2H3/t24-,25-. The van der Waals surface area contributed by atoms with E-state index in [2.05, 4.69) is 13.8 Å². The van der Waals surface area contributed by atoms with E-state index in [1.54, 1.807) is 12.1 Å². The van der Waals surface area contributed by atoms with Crippen molar-refractivity contribution >= 4 is 5.97 Å². The van der Waals surface area contributed by atoms with E-state index in [0.717, 1.165) is 49.9 Å². The Morgan fingerprint density at radius 3 is 1.97 bits per heavy atom. The van der Waals surface area contributed by atoms with Crippen LogP contribution in [-0.4, -0.2) is 19.2 Å². The van der Waals surface area contributed by atoms with Gasteiger partial charge in [-0.25, -0.2) is 4.79 Å². The number of esters is 1. The molecular weight excluding hydrogens is 384 g/mol. The first-order valence-electron chi connectivity index (χ1n) is 13.1. The number of benzene rings is 1. The third kappa shape index (κ3) is 11.1. The van der Waals surface area contributed by atoms with Gasteiger partial charge in [0.15, 0.2) is 0 Å². The van der Waals surface area contributed by atoms with Crippen LogP contribution in [0, 0.1) is 11.8 Å². The first kappa shape index (κ1) is 25.7. The zero-order chi connectivity index (χ0) is 22.2. The first-order chi connectivity index (χ1) is 15.2. The van der Waals surface area contributed by atoms with E-state index < -0.39 is 0 Å². The molecule has 1 aromatic carbocycles. The van der Waals surface area contributed by atoms with E-state index >= 15 is 0 Å². The highest BCUT2D eigenvalue weighted by atomic mass is 16.5. The summed E-state index contributed by atoms with van der Waals surface area (Å²) in [7, 11) is 0. The summed E-state index contributed by atoms with van der Waals surface area (Å²) in [5, 5.41) is 0. The topological polar surface area (TPSA) is 35.5 Å². The Labute approximate surface area is 191 Å². The molecule has 1 aliphatic rings. The zero-order valence-corrected chi connectivity index (χ0v) is 20.2. The second-order valence-corrected chi connectivity index (χ2v) is 9.45. The molecule has 0 saturated heterocycles. The van der Waals surface area contributed by atoms with E-state index in [9.17, 15) is 4.79 Å². The largest absolute Gasteiger partial charge is 0.494 e. The number of unbranched alkanes of at least 4 members (excludes halogenated alkanes) is 6. The van der Waals surface area contributed by atoms with Crippen LogP contribution in [0.15, 0.2) is 24.3 Å². The fraction of sp³-hybridized carbons (Fsp3) is 0.750. The van der Waals surface area contributed by atoms with Crippen LogP contribution in [0.25, 0.3) is 0 Å². The van der Waals surface area contributed by atoms with Crippen molar-refractivity contribution in [3.63, 3.8) is 0 Å². The summed E-state index contributed by atoms with van der Waals surface area (Å²) in [5.41, 5.74) is 0.603. The Morgan fingerprint density at radius 1 is 0.742 bits per heavy atom. The van der Waals surface area contributed by atoms with E-state index in [-0.39, 0.29) is 5.97 Å². The van der Waals surface area contributed by atoms with Gasteiger partial charge in [0, 0.05) is 0 Å². The fourth-order valence-corrected chi connectivity index (χ4v) is 4.69. The molecular formula is C28H46O3. The van der Waals surface area contributed by atoms with Gasteiger partial charge in [0.1, 0.15) is 5.75 Å². The minimum absolute atomic E-state index is 0.237. The smallest absolute Gasteiger partial charge is 0.338 e. The van der Waals surface area contributed by atoms with Gasteiger partial charge in [0.2, 0.25) is 0 Å². The molecule has 0 bridgehead atoms. The van der Waals surface area contributed by atoms with Gasteiger partial charge in [0.25, 0.3) is 0 Å². The van der Waals surface area contributed by atoms with Gasteiger partial charge in [-0.05, 0) is 55.4 Å². The maximum atomic E-state index is 12.0. The molecule has 176 valence electrons. The van der Waals surface area contributed by atoms with E-state index in [1.807, 2.05) is 12.1 Å². The molecule has 0 aromatic heterocycles. The van der Waals surface area contributed by atoms with E-state index in [4.69, 9.17) is 9.47 Å². The highest BCUT2D eigenvalue weighted by molar-refractivity contribution is 5.89. The van der Waals surface area contributed by atoms with Gasteiger partial charge < -0.3 is 9.47 Å². The van der Waals surface area contributed by atoms with Crippen molar-refractivity contribution in [2.24, 2.45) is 11.8 Å². The minimum Gasteiger partial charge on any atom is -0.494 e. The normalized spacial score (nSPS) is 18.6. The summed E-state index contributed by atoms with van der Waals surface area (Å²) in [6.45, 7) is 5.70. The summed E-state index contributed by atoms with van der Waals surface area (Å²) in [6, 6.07) is 7.38. The Kier molecular flexibility index (Phi) is 13.4. The number of rotatable bonds is 16. The van der Waals surface area contributed by atoms with Crippen LogP contribution >= 0.6 is 0 Å². The highest BCUT2D eigenvalue weighted by Crippen LogP contribution is 2.34. The zero-order valence-electron chi connectivity index (χ0n) is 20.2. The second kappa shape index (κ2) is 16.2. The SMILES string of the molecule is CCCCCCC[C@H]1CC[C@H](CCCOc2ccc(C(=O)OCCCCC)cc2)CC1. The monoisotopic (exact) mass is 430 g/mol. The molecule has 1 fully saturated rings. The number of hydrogen-bond donors (Lipinski definition) is 0. The maximum Gasteiger partial charge on any atom is 0.338 e. The summed E-state index contributed by atoms with van der Waals surface area (Å²) in [4.78, 5) is 12.0. The minimum atomic E-state index is -0.237. The maximum absolute atomic E-state index is 12.0. The molecule has 0 N–H and O–H groups in total. The summed E-state index contributed by atoms with van der Waals surface area (Å²) < 4.78 is 11.2. The predicted molar refractivity (Wildman–Crippen MR) is 130 cm³/mol. The molecule has 0 unspecified atom stereocenters. The van der Waals surface area contributed by atoms with Crippen LogP contribution in [0.1, 0.15) is 121 Å². The number of hydrogen-bond acceptors (Lipinski definition) is 3. The number of carbonyl (C=O) groups excluding carboxylic acids is 1. The van der Waals surface area contributed by atoms with Crippen molar-refractivity contribution in [3.8, 4) is 5.75 Å². The lowest BCUT2D eigenvalue weighted by atomic mass is 9.78. The molecule has 1 aromatic rings. The molecule has 0 aliphatic heterocycles. The molecule has 1 saturated carbocycles. The summed E-state index contributed by atoms with van der Waals surface area (Å²) in [6.07, 6.45) is 19.8. The molecule has 0 atom stereocenters. The summed E-state index contributed by atoms with van der Waals surface area (Å²) >= 11 is 0. The van der Waals surface area contributed by atoms with Crippen LogP contribution in [0.5, 0.6) is 5.75 Å². The van der Waals surface area contributed by atoms with Crippen molar-refractivity contribution < 1.29 is 14.3 Å². The Balaban J connectivity index is 1.52. The molecule has 3 heteroatoms. The Bertz CT molecular complexity index is 572. The molecule has 0 spiro atoms. The van der Waals surface area contributed by atoms with E-state index in [1.165, 1.54) is 70.6 Å². The van der Waals surface area contributed by atoms with Gasteiger partial charge in [-0.3, -0.25) is 0 Å². The third-order valence-electron chi connectivity index (χ3n) is 6.78. The molecule has 0 radical (unpaired) electrons. The lowest BCUT2D eigenvalue weighted by Gasteiger charge is -2.28. The van der Waals surface area contributed by atoms with Crippen LogP contribution in [0.3, 0.4) is 0 Å². The van der Waals surface area contributed by atoms with Gasteiger partial charge in [0.05, 0.1) is 18.8 Å². The first-order valence-corrected chi connectivity index (χ1v) is 13.1. The quantitative estimate of drug-likeness (QED) is 0.195. The lowest BCUT2D eigenvalue weighted by molar-refractivity contribution is 0.0498. The van der Waals surface area contributed by atoms with Crippen LogP contribution < -0.4 is 4.74 Å². The van der Waals surface area contributed by atoms with Crippen LogP contribution in [0.2, 0.25) is 0 Å². The van der Waals surface area contributed by atoms with Crippen LogP contribution in [-0.2, 0) is 4.74 Å². The second-order valence-electron chi connectivity index (χ2n) is 9.45. The van der Waals surface area contributed by atoms with Gasteiger partial charge in [-0.2, -0.15) is 0 Å².